The molecule has 2 aromatic carbocycles. The first-order valence-corrected chi connectivity index (χ1v) is 6.53. The van der Waals surface area contributed by atoms with Gasteiger partial charge < -0.3 is 20.5 Å². The molecular weight excluding hydrogens is 300 g/mol. The molecule has 0 aromatic heterocycles. The molecule has 0 aliphatic carbocycles. The van der Waals surface area contributed by atoms with Crippen molar-refractivity contribution in [2.24, 2.45) is 0 Å². The average molecular weight is 312 g/mol. The summed E-state index contributed by atoms with van der Waals surface area (Å²) in [6, 6.07) is 7.91. The van der Waals surface area contributed by atoms with Gasteiger partial charge >= 0.3 is 7.12 Å². The minimum Gasteiger partial charge on any atom is -0.455 e. The van der Waals surface area contributed by atoms with Crippen molar-refractivity contribution >= 4 is 41.5 Å². The number of anilines is 1. The van der Waals surface area contributed by atoms with Gasteiger partial charge in [0.1, 0.15) is 11.5 Å². The average Bonchev–Trinajstić information content (AvgIpc) is 2.37. The summed E-state index contributed by atoms with van der Waals surface area (Å²) >= 11 is 12.0. The van der Waals surface area contributed by atoms with Crippen LogP contribution in [-0.4, -0.2) is 17.2 Å². The Morgan fingerprint density at radius 1 is 1.10 bits per heavy atom. The molecule has 0 saturated heterocycles. The normalized spacial score (nSPS) is 10.4. The summed E-state index contributed by atoms with van der Waals surface area (Å²) in [5.41, 5.74) is 7.06. The molecule has 0 saturated carbocycles. The fraction of sp³-hybridized carbons (Fsp3) is 0.0769. The van der Waals surface area contributed by atoms with Crippen molar-refractivity contribution in [1.82, 2.24) is 0 Å². The van der Waals surface area contributed by atoms with Gasteiger partial charge in [0.2, 0.25) is 0 Å². The quantitative estimate of drug-likeness (QED) is 0.601. The molecule has 0 unspecified atom stereocenters. The van der Waals surface area contributed by atoms with Crippen LogP contribution < -0.4 is 15.9 Å². The van der Waals surface area contributed by atoms with E-state index in [2.05, 4.69) is 0 Å². The van der Waals surface area contributed by atoms with Gasteiger partial charge in [0.25, 0.3) is 0 Å². The zero-order chi connectivity index (χ0) is 14.9. The molecule has 7 heteroatoms. The van der Waals surface area contributed by atoms with Crippen molar-refractivity contribution in [2.45, 2.75) is 6.92 Å². The molecule has 0 aliphatic heterocycles. The zero-order valence-corrected chi connectivity index (χ0v) is 12.1. The van der Waals surface area contributed by atoms with Gasteiger partial charge in [-0.3, -0.25) is 0 Å². The third-order valence-corrected chi connectivity index (χ3v) is 3.35. The van der Waals surface area contributed by atoms with E-state index < -0.39 is 7.12 Å². The summed E-state index contributed by atoms with van der Waals surface area (Å²) in [5, 5.41) is 19.0. The Kier molecular flexibility index (Phi) is 4.45. The lowest BCUT2D eigenvalue weighted by atomic mass is 9.79. The molecule has 0 aliphatic rings. The van der Waals surface area contributed by atoms with E-state index in [9.17, 15) is 0 Å². The van der Waals surface area contributed by atoms with E-state index in [1.807, 2.05) is 0 Å². The van der Waals surface area contributed by atoms with Crippen LogP contribution in [0.2, 0.25) is 10.0 Å². The third-order valence-electron chi connectivity index (χ3n) is 2.74. The van der Waals surface area contributed by atoms with Gasteiger partial charge in [-0.25, -0.2) is 0 Å². The summed E-state index contributed by atoms with van der Waals surface area (Å²) in [5.74, 6) is 0.920. The molecule has 104 valence electrons. The van der Waals surface area contributed by atoms with Gasteiger partial charge in [-0.2, -0.15) is 0 Å². The molecule has 20 heavy (non-hydrogen) atoms. The van der Waals surface area contributed by atoms with E-state index in [0.717, 1.165) is 0 Å². The van der Waals surface area contributed by atoms with Gasteiger partial charge in [-0.15, -0.1) is 0 Å². The number of nitrogens with two attached hydrogens (primary N) is 1. The Hall–Kier alpha value is -1.40. The SMILES string of the molecule is Cc1cc(B(O)O)cc(Cl)c1Oc1ccc(N)c(Cl)c1. The van der Waals surface area contributed by atoms with Gasteiger partial charge in [0.05, 0.1) is 15.7 Å². The summed E-state index contributed by atoms with van der Waals surface area (Å²) < 4.78 is 5.68. The van der Waals surface area contributed by atoms with E-state index in [1.54, 1.807) is 31.2 Å². The second-order valence-corrected chi connectivity index (χ2v) is 5.12. The summed E-state index contributed by atoms with van der Waals surface area (Å²) in [6.07, 6.45) is 0. The first-order chi connectivity index (χ1) is 9.38. The predicted molar refractivity (Wildman–Crippen MR) is 82.0 cm³/mol. The third kappa shape index (κ3) is 3.19. The smallest absolute Gasteiger partial charge is 0.455 e. The molecule has 0 amide bonds. The highest BCUT2D eigenvalue weighted by Crippen LogP contribution is 2.34. The molecular formula is C13H12BCl2NO3. The number of nitrogen functional groups attached to an aromatic ring is 1. The lowest BCUT2D eigenvalue weighted by Crippen LogP contribution is -2.30. The maximum Gasteiger partial charge on any atom is 0.488 e. The monoisotopic (exact) mass is 311 g/mol. The van der Waals surface area contributed by atoms with Crippen LogP contribution in [0.15, 0.2) is 30.3 Å². The maximum atomic E-state index is 9.14. The van der Waals surface area contributed by atoms with Crippen LogP contribution >= 0.6 is 23.2 Å². The Labute approximate surface area is 126 Å². The Morgan fingerprint density at radius 3 is 2.35 bits per heavy atom. The van der Waals surface area contributed by atoms with E-state index >= 15 is 0 Å². The van der Waals surface area contributed by atoms with Gasteiger partial charge in [-0.05, 0) is 36.1 Å². The molecule has 0 radical (unpaired) electrons. The minimum atomic E-state index is -1.58. The lowest BCUT2D eigenvalue weighted by Gasteiger charge is -2.13. The summed E-state index contributed by atoms with van der Waals surface area (Å²) in [7, 11) is -1.58. The second kappa shape index (κ2) is 5.93. The van der Waals surface area contributed by atoms with Crippen LogP contribution in [0, 0.1) is 6.92 Å². The van der Waals surface area contributed by atoms with Crippen LogP contribution in [0.4, 0.5) is 5.69 Å². The van der Waals surface area contributed by atoms with Crippen LogP contribution in [0.25, 0.3) is 0 Å². The maximum absolute atomic E-state index is 9.14. The van der Waals surface area contributed by atoms with Crippen molar-refractivity contribution < 1.29 is 14.8 Å². The Morgan fingerprint density at radius 2 is 1.80 bits per heavy atom. The van der Waals surface area contributed by atoms with Crippen LogP contribution in [-0.2, 0) is 0 Å². The highest BCUT2D eigenvalue weighted by atomic mass is 35.5. The van der Waals surface area contributed by atoms with E-state index in [-0.39, 0.29) is 5.02 Å². The molecule has 2 rings (SSSR count). The first kappa shape index (κ1) is 15.0. The van der Waals surface area contributed by atoms with Crippen molar-refractivity contribution in [3.8, 4) is 11.5 Å². The van der Waals surface area contributed by atoms with Crippen LogP contribution in [0.5, 0.6) is 11.5 Å². The topological polar surface area (TPSA) is 75.7 Å². The number of halogens is 2. The molecule has 0 bridgehead atoms. The fourth-order valence-corrected chi connectivity index (χ4v) is 2.21. The molecule has 2 aromatic rings. The Bertz CT molecular complexity index is 627. The minimum absolute atomic E-state index is 0.279. The molecule has 0 fully saturated rings. The number of hydrogen-bond donors (Lipinski definition) is 3. The van der Waals surface area contributed by atoms with Crippen LogP contribution in [0.1, 0.15) is 5.56 Å². The number of aryl methyl sites for hydroxylation is 1. The van der Waals surface area contributed by atoms with Crippen LogP contribution in [0.3, 0.4) is 0 Å². The second-order valence-electron chi connectivity index (χ2n) is 4.31. The highest BCUT2D eigenvalue weighted by molar-refractivity contribution is 6.59. The van der Waals surface area contributed by atoms with Gasteiger partial charge in [-0.1, -0.05) is 29.3 Å². The molecule has 0 heterocycles. The van der Waals surface area contributed by atoms with Crippen molar-refractivity contribution in [3.05, 3.63) is 45.9 Å². The predicted octanol–water partition coefficient (Wildman–Crippen LogP) is 2.36. The number of rotatable bonds is 3. The zero-order valence-electron chi connectivity index (χ0n) is 10.6. The molecule has 4 nitrogen and oxygen atoms in total. The number of ether oxygens (including phenoxy) is 1. The first-order valence-electron chi connectivity index (χ1n) is 5.77. The van der Waals surface area contributed by atoms with Crippen molar-refractivity contribution in [3.63, 3.8) is 0 Å². The summed E-state index contributed by atoms with van der Waals surface area (Å²) in [4.78, 5) is 0. The molecule has 4 N–H and O–H groups in total. The van der Waals surface area contributed by atoms with Gasteiger partial charge in [0, 0.05) is 6.07 Å². The van der Waals surface area contributed by atoms with Crippen molar-refractivity contribution in [1.29, 1.82) is 0 Å². The molecule has 0 spiro atoms. The van der Waals surface area contributed by atoms with E-state index in [4.69, 9.17) is 43.7 Å². The largest absolute Gasteiger partial charge is 0.488 e. The fourth-order valence-electron chi connectivity index (χ4n) is 1.72. The van der Waals surface area contributed by atoms with Crippen molar-refractivity contribution in [2.75, 3.05) is 5.73 Å². The Balaban J connectivity index is 2.36. The highest BCUT2D eigenvalue weighted by Gasteiger charge is 2.16. The number of hydrogen-bond acceptors (Lipinski definition) is 4. The lowest BCUT2D eigenvalue weighted by molar-refractivity contribution is 0.425. The van der Waals surface area contributed by atoms with E-state index in [0.29, 0.717) is 33.2 Å². The standard InChI is InChI=1S/C13H12BCl2NO3/c1-7-4-8(14(18)19)5-11(16)13(7)20-9-2-3-12(17)10(15)6-9/h2-6,18-19H,17H2,1H3. The van der Waals surface area contributed by atoms with E-state index in [1.165, 1.54) is 6.07 Å². The van der Waals surface area contributed by atoms with Gasteiger partial charge in [0.15, 0.2) is 0 Å². The number of benzene rings is 2. The summed E-state index contributed by atoms with van der Waals surface area (Å²) in [6.45, 7) is 1.76. The molecule has 0 atom stereocenters.